The van der Waals surface area contributed by atoms with E-state index in [4.69, 9.17) is 4.74 Å². The summed E-state index contributed by atoms with van der Waals surface area (Å²) in [7, 11) is 1.59. The van der Waals surface area contributed by atoms with Gasteiger partial charge in [-0.3, -0.25) is 4.79 Å². The normalized spacial score (nSPS) is 20.1. The average molecular weight is 394 g/mol. The maximum Gasteiger partial charge on any atom is 0.393 e. The van der Waals surface area contributed by atoms with Gasteiger partial charge >= 0.3 is 6.18 Å². The Morgan fingerprint density at radius 1 is 1.14 bits per heavy atom. The van der Waals surface area contributed by atoms with Gasteiger partial charge in [-0.15, -0.1) is 0 Å². The fourth-order valence-electron chi connectivity index (χ4n) is 4.06. The van der Waals surface area contributed by atoms with E-state index in [9.17, 15) is 18.0 Å². The molecule has 152 valence electrons. The molecule has 7 heteroatoms. The quantitative estimate of drug-likeness (QED) is 0.797. The fourth-order valence-corrected chi connectivity index (χ4v) is 4.06. The largest absolute Gasteiger partial charge is 0.497 e. The van der Waals surface area contributed by atoms with Gasteiger partial charge in [0.25, 0.3) is 5.91 Å². The zero-order chi connectivity index (χ0) is 20.5. The van der Waals surface area contributed by atoms with Crippen LogP contribution >= 0.6 is 0 Å². The number of carbonyl (C=O) groups is 1. The lowest BCUT2D eigenvalue weighted by Crippen LogP contribution is -2.47. The van der Waals surface area contributed by atoms with Crippen LogP contribution in [0.2, 0.25) is 0 Å². The highest BCUT2D eigenvalue weighted by atomic mass is 19.4. The molecule has 1 fully saturated rings. The van der Waals surface area contributed by atoms with Gasteiger partial charge < -0.3 is 14.6 Å². The van der Waals surface area contributed by atoms with Gasteiger partial charge in [0.1, 0.15) is 5.75 Å². The second kappa shape index (κ2) is 7.89. The minimum atomic E-state index is -4.29. The minimum Gasteiger partial charge on any atom is -0.497 e. The number of nitrogens with zero attached hydrogens (tertiary/aromatic N) is 1. The summed E-state index contributed by atoms with van der Waals surface area (Å²) in [4.78, 5) is 12.8. The van der Waals surface area contributed by atoms with Crippen LogP contribution in [0, 0.1) is 19.8 Å². The van der Waals surface area contributed by atoms with Gasteiger partial charge in [-0.25, -0.2) is 0 Å². The molecular weight excluding hydrogens is 369 g/mol. The summed E-state index contributed by atoms with van der Waals surface area (Å²) >= 11 is 0. The molecule has 2 atom stereocenters. The molecule has 3 rings (SSSR count). The van der Waals surface area contributed by atoms with Crippen molar-refractivity contribution >= 4 is 5.91 Å². The second-order valence-corrected chi connectivity index (χ2v) is 7.33. The second-order valence-electron chi connectivity index (χ2n) is 7.33. The standard InChI is InChI=1S/C21H25F3N2O2/c1-13-12-17(14(2)26(13)15-8-10-16(28-3)11-9-15)20(27)25-19-7-5-4-6-18(19)21(22,23)24/h8-12,18-19H,4-7H2,1-3H3,(H,25,27)/t18-,19+/m0/s1. The van der Waals surface area contributed by atoms with E-state index in [1.807, 2.05) is 35.8 Å². The van der Waals surface area contributed by atoms with Crippen LogP contribution in [-0.2, 0) is 0 Å². The Kier molecular flexibility index (Phi) is 5.72. The fraction of sp³-hybridized carbons (Fsp3) is 0.476. The third kappa shape index (κ3) is 4.03. The molecule has 1 heterocycles. The molecule has 0 saturated heterocycles. The van der Waals surface area contributed by atoms with Gasteiger partial charge in [0, 0.05) is 23.1 Å². The van der Waals surface area contributed by atoms with Crippen molar-refractivity contribution in [1.29, 1.82) is 0 Å². The number of hydrogen-bond acceptors (Lipinski definition) is 2. The smallest absolute Gasteiger partial charge is 0.393 e. The lowest BCUT2D eigenvalue weighted by atomic mass is 9.84. The van der Waals surface area contributed by atoms with Crippen molar-refractivity contribution in [3.63, 3.8) is 0 Å². The Labute approximate surface area is 162 Å². The Morgan fingerprint density at radius 3 is 2.39 bits per heavy atom. The molecule has 1 aliphatic carbocycles. The molecule has 1 saturated carbocycles. The molecule has 0 radical (unpaired) electrons. The van der Waals surface area contributed by atoms with Gasteiger partial charge in [-0.2, -0.15) is 13.2 Å². The first-order valence-corrected chi connectivity index (χ1v) is 9.43. The first-order chi connectivity index (χ1) is 13.2. The molecule has 0 aliphatic heterocycles. The van der Waals surface area contributed by atoms with Crippen molar-refractivity contribution in [3.8, 4) is 11.4 Å². The van der Waals surface area contributed by atoms with Gasteiger partial charge in [0.05, 0.1) is 18.6 Å². The number of rotatable bonds is 4. The molecule has 1 aromatic heterocycles. The third-order valence-corrected chi connectivity index (χ3v) is 5.51. The Bertz CT molecular complexity index is 841. The van der Waals surface area contributed by atoms with Gasteiger partial charge in [0.2, 0.25) is 0 Å². The molecule has 2 aromatic rings. The number of methoxy groups -OCH3 is 1. The van der Waals surface area contributed by atoms with Crippen LogP contribution in [0.1, 0.15) is 47.4 Å². The summed E-state index contributed by atoms with van der Waals surface area (Å²) in [5.41, 5.74) is 2.80. The molecule has 0 spiro atoms. The van der Waals surface area contributed by atoms with E-state index in [1.165, 1.54) is 0 Å². The van der Waals surface area contributed by atoms with Crippen molar-refractivity contribution in [2.75, 3.05) is 7.11 Å². The van der Waals surface area contributed by atoms with Crippen molar-refractivity contribution in [3.05, 3.63) is 47.3 Å². The summed E-state index contributed by atoms with van der Waals surface area (Å²) in [6.07, 6.45) is -2.63. The van der Waals surface area contributed by atoms with Crippen molar-refractivity contribution < 1.29 is 22.7 Å². The molecule has 1 N–H and O–H groups in total. The predicted molar refractivity (Wildman–Crippen MR) is 101 cm³/mol. The maximum atomic E-state index is 13.3. The molecule has 0 unspecified atom stereocenters. The Morgan fingerprint density at radius 2 is 1.79 bits per heavy atom. The third-order valence-electron chi connectivity index (χ3n) is 5.51. The highest BCUT2D eigenvalue weighted by molar-refractivity contribution is 5.96. The van der Waals surface area contributed by atoms with E-state index in [2.05, 4.69) is 5.32 Å². The van der Waals surface area contributed by atoms with Crippen molar-refractivity contribution in [2.45, 2.75) is 51.7 Å². The number of alkyl halides is 3. The number of ether oxygens (including phenoxy) is 1. The zero-order valence-electron chi connectivity index (χ0n) is 16.3. The minimum absolute atomic E-state index is 0.0688. The Balaban J connectivity index is 1.84. The van der Waals surface area contributed by atoms with Gasteiger partial charge in [0.15, 0.2) is 0 Å². The zero-order valence-corrected chi connectivity index (χ0v) is 16.3. The molecule has 4 nitrogen and oxygen atoms in total. The number of benzene rings is 1. The van der Waals surface area contributed by atoms with Crippen LogP contribution in [0.5, 0.6) is 5.75 Å². The number of nitrogens with one attached hydrogen (secondary N) is 1. The topological polar surface area (TPSA) is 43.3 Å². The highest BCUT2D eigenvalue weighted by Crippen LogP contribution is 2.38. The van der Waals surface area contributed by atoms with E-state index in [-0.39, 0.29) is 6.42 Å². The first kappa shape index (κ1) is 20.3. The molecular formula is C21H25F3N2O2. The van der Waals surface area contributed by atoms with E-state index in [1.54, 1.807) is 20.1 Å². The monoisotopic (exact) mass is 394 g/mol. The van der Waals surface area contributed by atoms with Crippen LogP contribution in [0.3, 0.4) is 0 Å². The van der Waals surface area contributed by atoms with Crippen LogP contribution in [0.4, 0.5) is 13.2 Å². The van der Waals surface area contributed by atoms with Crippen LogP contribution in [0.25, 0.3) is 5.69 Å². The number of carbonyl (C=O) groups excluding carboxylic acids is 1. The molecule has 1 aromatic carbocycles. The first-order valence-electron chi connectivity index (χ1n) is 9.43. The lowest BCUT2D eigenvalue weighted by molar-refractivity contribution is -0.187. The van der Waals surface area contributed by atoms with E-state index < -0.39 is 24.0 Å². The summed E-state index contributed by atoms with van der Waals surface area (Å²) in [5.74, 6) is -1.20. The number of aryl methyl sites for hydroxylation is 1. The molecule has 28 heavy (non-hydrogen) atoms. The van der Waals surface area contributed by atoms with Crippen LogP contribution in [-0.4, -0.2) is 29.8 Å². The number of halogens is 3. The molecule has 1 amide bonds. The SMILES string of the molecule is COc1ccc(-n2c(C)cc(C(=O)N[C@@H]3CCCC[C@@H]3C(F)(F)F)c2C)cc1. The molecule has 0 bridgehead atoms. The van der Waals surface area contributed by atoms with Crippen molar-refractivity contribution in [2.24, 2.45) is 5.92 Å². The van der Waals surface area contributed by atoms with Crippen LogP contribution in [0.15, 0.2) is 30.3 Å². The van der Waals surface area contributed by atoms with Crippen molar-refractivity contribution in [1.82, 2.24) is 9.88 Å². The number of amides is 1. The molecule has 1 aliphatic rings. The summed E-state index contributed by atoms with van der Waals surface area (Å²) in [6, 6.07) is 8.25. The van der Waals surface area contributed by atoms with Gasteiger partial charge in [-0.1, -0.05) is 12.8 Å². The highest BCUT2D eigenvalue weighted by Gasteiger charge is 2.46. The number of aromatic nitrogens is 1. The predicted octanol–water partition coefficient (Wildman–Crippen LogP) is 4.95. The van der Waals surface area contributed by atoms with Crippen LogP contribution < -0.4 is 10.1 Å². The van der Waals surface area contributed by atoms with E-state index >= 15 is 0 Å². The number of hydrogen-bond donors (Lipinski definition) is 1. The Hall–Kier alpha value is -2.44. The maximum absolute atomic E-state index is 13.3. The summed E-state index contributed by atoms with van der Waals surface area (Å²) in [5, 5.41) is 2.65. The summed E-state index contributed by atoms with van der Waals surface area (Å²) < 4.78 is 47.0. The lowest BCUT2D eigenvalue weighted by Gasteiger charge is -2.33. The average Bonchev–Trinajstić information content (AvgIpc) is 2.96. The van der Waals surface area contributed by atoms with E-state index in [0.717, 1.165) is 17.1 Å². The van der Waals surface area contributed by atoms with Gasteiger partial charge in [-0.05, 0) is 57.0 Å². The summed E-state index contributed by atoms with van der Waals surface area (Å²) in [6.45, 7) is 3.67. The van der Waals surface area contributed by atoms with E-state index in [0.29, 0.717) is 30.5 Å².